The topological polar surface area (TPSA) is 104 Å². The van der Waals surface area contributed by atoms with Crippen LogP contribution in [0.5, 0.6) is 0 Å². The van der Waals surface area contributed by atoms with Gasteiger partial charge in [-0.3, -0.25) is 9.59 Å². The zero-order chi connectivity index (χ0) is 15.9. The number of thioether (sulfide) groups is 1. The molecule has 1 heterocycles. The Balaban J connectivity index is 1.85. The van der Waals surface area contributed by atoms with Gasteiger partial charge in [0.15, 0.2) is 4.34 Å². The lowest BCUT2D eigenvalue weighted by Gasteiger charge is -2.02. The standard InChI is InChI=1S/C12H11FN4O3S2/c13-7-3-1-2-4-8(7)15-11-16-17-12(22-11)21-6-9(18)14-5-10(19)20/h1-4H,5-6H2,(H,14,18)(H,15,16)(H,19,20). The molecule has 0 aliphatic heterocycles. The Bertz CT molecular complexity index is 680. The smallest absolute Gasteiger partial charge is 0.322 e. The number of carbonyl (C=O) groups is 2. The largest absolute Gasteiger partial charge is 0.480 e. The Morgan fingerprint density at radius 2 is 2.09 bits per heavy atom. The van der Waals surface area contributed by atoms with Crippen molar-refractivity contribution in [1.29, 1.82) is 0 Å². The highest BCUT2D eigenvalue weighted by molar-refractivity contribution is 8.01. The number of benzene rings is 1. The third-order valence-electron chi connectivity index (χ3n) is 2.29. The maximum absolute atomic E-state index is 13.5. The first-order valence-electron chi connectivity index (χ1n) is 6.01. The van der Waals surface area contributed by atoms with E-state index in [0.717, 1.165) is 11.8 Å². The van der Waals surface area contributed by atoms with Gasteiger partial charge in [-0.15, -0.1) is 10.2 Å². The van der Waals surface area contributed by atoms with Crippen LogP contribution in [-0.2, 0) is 9.59 Å². The number of rotatable bonds is 7. The third-order valence-corrected chi connectivity index (χ3v) is 4.26. The van der Waals surface area contributed by atoms with E-state index in [-0.39, 0.29) is 11.4 Å². The molecule has 0 bridgehead atoms. The Labute approximate surface area is 133 Å². The van der Waals surface area contributed by atoms with Crippen LogP contribution in [0.2, 0.25) is 0 Å². The molecule has 0 fully saturated rings. The number of carboxylic acids is 1. The second kappa shape index (κ2) is 7.71. The minimum absolute atomic E-state index is 0.0294. The van der Waals surface area contributed by atoms with Crippen molar-refractivity contribution in [3.8, 4) is 0 Å². The van der Waals surface area contributed by atoms with Crippen molar-refractivity contribution in [3.63, 3.8) is 0 Å². The lowest BCUT2D eigenvalue weighted by molar-refractivity contribution is -0.137. The molecule has 3 N–H and O–H groups in total. The number of carbonyl (C=O) groups excluding carboxylic acids is 1. The van der Waals surface area contributed by atoms with E-state index in [4.69, 9.17) is 5.11 Å². The molecule has 0 unspecified atom stereocenters. The van der Waals surface area contributed by atoms with Crippen LogP contribution in [0.1, 0.15) is 0 Å². The first kappa shape index (κ1) is 16.2. The summed E-state index contributed by atoms with van der Waals surface area (Å²) in [6.07, 6.45) is 0. The third kappa shape index (κ3) is 4.97. The van der Waals surface area contributed by atoms with Crippen molar-refractivity contribution in [1.82, 2.24) is 15.5 Å². The van der Waals surface area contributed by atoms with Crippen molar-refractivity contribution in [2.75, 3.05) is 17.6 Å². The Morgan fingerprint density at radius 3 is 2.82 bits per heavy atom. The molecule has 0 atom stereocenters. The van der Waals surface area contributed by atoms with Gasteiger partial charge in [-0.1, -0.05) is 35.2 Å². The van der Waals surface area contributed by atoms with Crippen molar-refractivity contribution in [3.05, 3.63) is 30.1 Å². The van der Waals surface area contributed by atoms with Gasteiger partial charge < -0.3 is 15.7 Å². The first-order valence-corrected chi connectivity index (χ1v) is 7.81. The molecular formula is C12H11FN4O3S2. The maximum atomic E-state index is 13.5. The highest BCUT2D eigenvalue weighted by Crippen LogP contribution is 2.28. The summed E-state index contributed by atoms with van der Waals surface area (Å²) in [5, 5.41) is 21.6. The second-order valence-corrected chi connectivity index (χ2v) is 6.14. The van der Waals surface area contributed by atoms with E-state index in [9.17, 15) is 14.0 Å². The van der Waals surface area contributed by atoms with Gasteiger partial charge in [0.1, 0.15) is 12.4 Å². The fourth-order valence-electron chi connectivity index (χ4n) is 1.35. The Morgan fingerprint density at radius 1 is 1.32 bits per heavy atom. The number of anilines is 2. The monoisotopic (exact) mass is 342 g/mol. The van der Waals surface area contributed by atoms with Gasteiger partial charge in [-0.2, -0.15) is 0 Å². The van der Waals surface area contributed by atoms with E-state index < -0.39 is 24.2 Å². The number of halogens is 1. The van der Waals surface area contributed by atoms with E-state index in [0.29, 0.717) is 9.47 Å². The van der Waals surface area contributed by atoms with E-state index in [1.165, 1.54) is 17.4 Å². The van der Waals surface area contributed by atoms with E-state index in [2.05, 4.69) is 20.8 Å². The number of aliphatic carboxylic acids is 1. The lowest BCUT2D eigenvalue weighted by atomic mass is 10.3. The van der Waals surface area contributed by atoms with Gasteiger partial charge in [0, 0.05) is 0 Å². The van der Waals surface area contributed by atoms with Gasteiger partial charge in [-0.25, -0.2) is 4.39 Å². The van der Waals surface area contributed by atoms with E-state index >= 15 is 0 Å². The molecule has 22 heavy (non-hydrogen) atoms. The van der Waals surface area contributed by atoms with E-state index in [1.54, 1.807) is 18.2 Å². The van der Waals surface area contributed by atoms with Crippen molar-refractivity contribution in [2.24, 2.45) is 0 Å². The minimum atomic E-state index is -1.11. The average Bonchev–Trinajstić information content (AvgIpc) is 2.93. The number of para-hydroxylation sites is 1. The first-order chi connectivity index (χ1) is 10.5. The molecule has 1 aromatic carbocycles. The molecule has 2 aromatic rings. The van der Waals surface area contributed by atoms with Gasteiger partial charge in [0.05, 0.1) is 11.4 Å². The molecule has 10 heteroatoms. The Hall–Kier alpha value is -2.20. The Kier molecular flexibility index (Phi) is 5.67. The summed E-state index contributed by atoms with van der Waals surface area (Å²) in [6.45, 7) is -0.421. The zero-order valence-corrected chi connectivity index (χ0v) is 12.7. The number of aromatic nitrogens is 2. The maximum Gasteiger partial charge on any atom is 0.322 e. The fraction of sp³-hybridized carbons (Fsp3) is 0.167. The summed E-state index contributed by atoms with van der Waals surface area (Å²) < 4.78 is 14.0. The van der Waals surface area contributed by atoms with Crippen LogP contribution in [0.15, 0.2) is 28.6 Å². The SMILES string of the molecule is O=C(O)CNC(=O)CSc1nnc(Nc2ccccc2F)s1. The molecule has 0 saturated carbocycles. The van der Waals surface area contributed by atoms with Crippen LogP contribution in [0.4, 0.5) is 15.2 Å². The summed E-state index contributed by atoms with van der Waals surface area (Å²) in [7, 11) is 0. The highest BCUT2D eigenvalue weighted by Gasteiger charge is 2.10. The predicted octanol–water partition coefficient (Wildman–Crippen LogP) is 1.71. The van der Waals surface area contributed by atoms with Gasteiger partial charge in [-0.05, 0) is 12.1 Å². The molecule has 116 valence electrons. The van der Waals surface area contributed by atoms with Crippen LogP contribution < -0.4 is 10.6 Å². The normalized spacial score (nSPS) is 10.2. The molecule has 0 aliphatic rings. The quantitative estimate of drug-likeness (QED) is 0.658. The fourth-order valence-corrected chi connectivity index (χ4v) is 2.94. The molecule has 7 nitrogen and oxygen atoms in total. The van der Waals surface area contributed by atoms with Crippen LogP contribution in [0.25, 0.3) is 0 Å². The van der Waals surface area contributed by atoms with Gasteiger partial charge >= 0.3 is 5.97 Å². The van der Waals surface area contributed by atoms with Crippen LogP contribution in [-0.4, -0.2) is 39.5 Å². The molecule has 0 saturated heterocycles. The molecule has 1 aromatic heterocycles. The number of amides is 1. The lowest BCUT2D eigenvalue weighted by Crippen LogP contribution is -2.30. The van der Waals surface area contributed by atoms with Gasteiger partial charge in [0.25, 0.3) is 0 Å². The highest BCUT2D eigenvalue weighted by atomic mass is 32.2. The summed E-state index contributed by atoms with van der Waals surface area (Å²) in [5.74, 6) is -1.89. The number of hydrogen-bond acceptors (Lipinski definition) is 7. The second-order valence-electron chi connectivity index (χ2n) is 3.94. The van der Waals surface area contributed by atoms with Crippen LogP contribution >= 0.6 is 23.1 Å². The van der Waals surface area contributed by atoms with Crippen molar-refractivity contribution >= 4 is 45.8 Å². The predicted molar refractivity (Wildman–Crippen MR) is 81.0 cm³/mol. The van der Waals surface area contributed by atoms with Crippen LogP contribution in [0, 0.1) is 5.82 Å². The average molecular weight is 342 g/mol. The summed E-state index contributed by atoms with van der Waals surface area (Å²) in [4.78, 5) is 21.7. The van der Waals surface area contributed by atoms with Crippen LogP contribution in [0.3, 0.4) is 0 Å². The molecule has 0 radical (unpaired) electrons. The number of nitrogens with zero attached hydrogens (tertiary/aromatic N) is 2. The van der Waals surface area contributed by atoms with Crippen molar-refractivity contribution < 1.29 is 19.1 Å². The van der Waals surface area contributed by atoms with Gasteiger partial charge in [0.2, 0.25) is 11.0 Å². The molecule has 0 aliphatic carbocycles. The number of nitrogens with one attached hydrogen (secondary N) is 2. The molecule has 1 amide bonds. The van der Waals surface area contributed by atoms with E-state index in [1.807, 2.05) is 0 Å². The minimum Gasteiger partial charge on any atom is -0.480 e. The summed E-state index contributed by atoms with van der Waals surface area (Å²) >= 11 is 2.29. The molecule has 2 rings (SSSR count). The summed E-state index contributed by atoms with van der Waals surface area (Å²) in [5.41, 5.74) is 0.286. The molecule has 0 spiro atoms. The molecular weight excluding hydrogens is 331 g/mol. The number of hydrogen-bond donors (Lipinski definition) is 3. The summed E-state index contributed by atoms with van der Waals surface area (Å²) in [6, 6.07) is 6.17. The number of carboxylic acid groups (broad SMARTS) is 1. The van der Waals surface area contributed by atoms with Crippen molar-refractivity contribution in [2.45, 2.75) is 4.34 Å². The zero-order valence-electron chi connectivity index (χ0n) is 11.1.